The summed E-state index contributed by atoms with van der Waals surface area (Å²) in [4.78, 5) is 23.4. The van der Waals surface area contributed by atoms with Gasteiger partial charge in [0, 0.05) is 5.02 Å². The van der Waals surface area contributed by atoms with Crippen molar-refractivity contribution in [1.29, 1.82) is 0 Å². The summed E-state index contributed by atoms with van der Waals surface area (Å²) in [6, 6.07) is 4.73. The first-order valence-corrected chi connectivity index (χ1v) is 6.88. The second kappa shape index (κ2) is 6.29. The molecule has 0 fully saturated rings. The molecule has 0 heterocycles. The van der Waals surface area contributed by atoms with Gasteiger partial charge in [-0.3, -0.25) is 9.59 Å². The van der Waals surface area contributed by atoms with Crippen molar-refractivity contribution in [2.24, 2.45) is 11.8 Å². The van der Waals surface area contributed by atoms with E-state index in [0.717, 1.165) is 0 Å². The van der Waals surface area contributed by atoms with Gasteiger partial charge in [0.15, 0.2) is 0 Å². The van der Waals surface area contributed by atoms with Gasteiger partial charge in [0.2, 0.25) is 5.91 Å². The number of hydrogen-bond acceptors (Lipinski definition) is 2. The van der Waals surface area contributed by atoms with Gasteiger partial charge in [-0.2, -0.15) is 0 Å². The van der Waals surface area contributed by atoms with Gasteiger partial charge in [-0.1, -0.05) is 35.4 Å². The molecule has 1 aromatic carbocycles. The largest absolute Gasteiger partial charge is 0.481 e. The number of amides is 1. The monoisotopic (exact) mass is 313 g/mol. The summed E-state index contributed by atoms with van der Waals surface area (Å²) in [6.45, 7) is 0. The molecule has 1 aromatic rings. The summed E-state index contributed by atoms with van der Waals surface area (Å²) < 4.78 is 0. The maximum absolute atomic E-state index is 12.2. The molecular weight excluding hydrogens is 301 g/mol. The number of carbonyl (C=O) groups excluding carboxylic acids is 1. The highest BCUT2D eigenvalue weighted by Gasteiger charge is 2.34. The number of allylic oxidation sites excluding steroid dienone is 2. The van der Waals surface area contributed by atoms with E-state index in [2.05, 4.69) is 5.32 Å². The zero-order chi connectivity index (χ0) is 14.7. The van der Waals surface area contributed by atoms with Crippen molar-refractivity contribution < 1.29 is 14.7 Å². The molecule has 0 saturated carbocycles. The number of halogens is 2. The second-order valence-corrected chi connectivity index (χ2v) is 5.45. The summed E-state index contributed by atoms with van der Waals surface area (Å²) in [7, 11) is 0. The Bertz CT molecular complexity index is 572. The van der Waals surface area contributed by atoms with Crippen LogP contribution in [0.15, 0.2) is 30.4 Å². The molecule has 2 N–H and O–H groups in total. The summed E-state index contributed by atoms with van der Waals surface area (Å²) >= 11 is 11.8. The summed E-state index contributed by atoms with van der Waals surface area (Å²) in [5, 5.41) is 12.6. The van der Waals surface area contributed by atoms with E-state index in [0.29, 0.717) is 28.6 Å². The number of carboxylic acid groups (broad SMARTS) is 1. The minimum Gasteiger partial charge on any atom is -0.481 e. The Morgan fingerprint density at radius 2 is 1.80 bits per heavy atom. The third-order valence-corrected chi connectivity index (χ3v) is 3.82. The molecule has 4 nitrogen and oxygen atoms in total. The molecule has 0 radical (unpaired) electrons. The second-order valence-electron chi connectivity index (χ2n) is 4.61. The fraction of sp³-hybridized carbons (Fsp3) is 0.286. The van der Waals surface area contributed by atoms with Crippen LogP contribution in [0.25, 0.3) is 0 Å². The Balaban J connectivity index is 2.14. The predicted molar refractivity (Wildman–Crippen MR) is 78.1 cm³/mol. The highest BCUT2D eigenvalue weighted by atomic mass is 35.5. The molecule has 106 valence electrons. The Kier molecular flexibility index (Phi) is 4.68. The third-order valence-electron chi connectivity index (χ3n) is 3.28. The van der Waals surface area contributed by atoms with E-state index in [-0.39, 0.29) is 5.91 Å². The zero-order valence-corrected chi connectivity index (χ0v) is 12.0. The number of anilines is 1. The fourth-order valence-electron chi connectivity index (χ4n) is 2.19. The van der Waals surface area contributed by atoms with E-state index < -0.39 is 17.8 Å². The molecule has 20 heavy (non-hydrogen) atoms. The lowest BCUT2D eigenvalue weighted by molar-refractivity contribution is -0.146. The van der Waals surface area contributed by atoms with E-state index in [1.165, 1.54) is 6.07 Å². The van der Waals surface area contributed by atoms with Gasteiger partial charge in [0.05, 0.1) is 22.5 Å². The fourth-order valence-corrected chi connectivity index (χ4v) is 2.65. The number of benzene rings is 1. The lowest BCUT2D eigenvalue weighted by atomic mass is 9.82. The number of rotatable bonds is 3. The summed E-state index contributed by atoms with van der Waals surface area (Å²) in [5.41, 5.74) is 0.430. The van der Waals surface area contributed by atoms with Gasteiger partial charge in [-0.15, -0.1) is 0 Å². The van der Waals surface area contributed by atoms with Crippen molar-refractivity contribution >= 4 is 40.8 Å². The molecular formula is C14H13Cl2NO3. The maximum atomic E-state index is 12.2. The van der Waals surface area contributed by atoms with E-state index in [1.807, 2.05) is 6.08 Å². The van der Waals surface area contributed by atoms with Crippen molar-refractivity contribution in [3.05, 3.63) is 40.4 Å². The molecule has 0 saturated heterocycles. The zero-order valence-electron chi connectivity index (χ0n) is 10.5. The van der Waals surface area contributed by atoms with Crippen LogP contribution in [-0.2, 0) is 9.59 Å². The van der Waals surface area contributed by atoms with Crippen LogP contribution in [0.5, 0.6) is 0 Å². The average molecular weight is 314 g/mol. The minimum absolute atomic E-state index is 0.323. The molecule has 0 spiro atoms. The van der Waals surface area contributed by atoms with Crippen LogP contribution in [0.4, 0.5) is 5.69 Å². The van der Waals surface area contributed by atoms with E-state index >= 15 is 0 Å². The third kappa shape index (κ3) is 3.32. The van der Waals surface area contributed by atoms with Crippen LogP contribution in [0, 0.1) is 11.8 Å². The summed E-state index contributed by atoms with van der Waals surface area (Å²) in [5.74, 6) is -2.60. The van der Waals surface area contributed by atoms with E-state index in [9.17, 15) is 9.59 Å². The van der Waals surface area contributed by atoms with Crippen LogP contribution < -0.4 is 5.32 Å². The normalized spacial score (nSPS) is 21.5. The van der Waals surface area contributed by atoms with Crippen molar-refractivity contribution in [3.8, 4) is 0 Å². The molecule has 1 aliphatic rings. The quantitative estimate of drug-likeness (QED) is 0.838. The molecule has 0 aromatic heterocycles. The van der Waals surface area contributed by atoms with Gasteiger partial charge in [-0.05, 0) is 31.0 Å². The van der Waals surface area contributed by atoms with Crippen molar-refractivity contribution in [2.75, 3.05) is 5.32 Å². The Morgan fingerprint density at radius 1 is 1.15 bits per heavy atom. The van der Waals surface area contributed by atoms with Gasteiger partial charge >= 0.3 is 5.97 Å². The van der Waals surface area contributed by atoms with Crippen molar-refractivity contribution in [2.45, 2.75) is 12.8 Å². The van der Waals surface area contributed by atoms with Crippen LogP contribution in [0.3, 0.4) is 0 Å². The van der Waals surface area contributed by atoms with Crippen LogP contribution >= 0.6 is 23.2 Å². The van der Waals surface area contributed by atoms with Crippen molar-refractivity contribution in [1.82, 2.24) is 0 Å². The highest BCUT2D eigenvalue weighted by molar-refractivity contribution is 6.36. The minimum atomic E-state index is -0.961. The maximum Gasteiger partial charge on any atom is 0.307 e. The van der Waals surface area contributed by atoms with Gasteiger partial charge in [0.1, 0.15) is 0 Å². The molecule has 1 aliphatic carbocycles. The lowest BCUT2D eigenvalue weighted by Crippen LogP contribution is -2.34. The molecule has 0 aliphatic heterocycles. The van der Waals surface area contributed by atoms with E-state index in [1.54, 1.807) is 18.2 Å². The van der Waals surface area contributed by atoms with Crippen LogP contribution in [-0.4, -0.2) is 17.0 Å². The SMILES string of the molecule is O=C(O)C1CC=CCC1C(=O)Nc1ccc(Cl)cc1Cl. The predicted octanol–water partition coefficient (Wildman–Crippen LogP) is 3.60. The van der Waals surface area contributed by atoms with Crippen LogP contribution in [0.1, 0.15) is 12.8 Å². The Labute approximate surface area is 126 Å². The number of carboxylic acids is 1. The van der Waals surface area contributed by atoms with Gasteiger partial charge in [0.25, 0.3) is 0 Å². The first-order valence-electron chi connectivity index (χ1n) is 6.12. The highest BCUT2D eigenvalue weighted by Crippen LogP contribution is 2.30. The topological polar surface area (TPSA) is 66.4 Å². The summed E-state index contributed by atoms with van der Waals surface area (Å²) in [6.07, 6.45) is 4.39. The smallest absolute Gasteiger partial charge is 0.307 e. The molecule has 2 rings (SSSR count). The molecule has 2 atom stereocenters. The molecule has 0 bridgehead atoms. The standard InChI is InChI=1S/C14H13Cl2NO3/c15-8-5-6-12(11(16)7-8)17-13(18)9-3-1-2-4-10(9)14(19)20/h1-2,5-7,9-10H,3-4H2,(H,17,18)(H,19,20). The van der Waals surface area contributed by atoms with Crippen LogP contribution in [0.2, 0.25) is 10.0 Å². The number of aliphatic carboxylic acids is 1. The first kappa shape index (κ1) is 14.9. The average Bonchev–Trinajstić information content (AvgIpc) is 2.41. The number of hydrogen-bond donors (Lipinski definition) is 2. The Hall–Kier alpha value is -1.52. The number of nitrogens with one attached hydrogen (secondary N) is 1. The number of carbonyl (C=O) groups is 2. The first-order chi connectivity index (χ1) is 9.49. The van der Waals surface area contributed by atoms with E-state index in [4.69, 9.17) is 28.3 Å². The Morgan fingerprint density at radius 3 is 2.40 bits per heavy atom. The van der Waals surface area contributed by atoms with Crippen molar-refractivity contribution in [3.63, 3.8) is 0 Å². The van der Waals surface area contributed by atoms with Gasteiger partial charge in [-0.25, -0.2) is 0 Å². The molecule has 1 amide bonds. The lowest BCUT2D eigenvalue weighted by Gasteiger charge is -2.24. The van der Waals surface area contributed by atoms with Gasteiger partial charge < -0.3 is 10.4 Å². The molecule has 6 heteroatoms. The molecule has 2 unspecified atom stereocenters.